The van der Waals surface area contributed by atoms with Gasteiger partial charge in [-0.3, -0.25) is 9.48 Å². The second kappa shape index (κ2) is 3.63. The fourth-order valence-electron chi connectivity index (χ4n) is 1.06. The standard InChI is InChI=1S/C9H9N3OS/c1-12-4-2-8(11-12)10-9(13)7-3-5-14-6-7/h2-6H,1H3,(H,10,11,13). The normalized spacial score (nSPS) is 10.1. The molecule has 0 atom stereocenters. The zero-order valence-electron chi connectivity index (χ0n) is 7.60. The van der Waals surface area contributed by atoms with Crippen LogP contribution in [-0.4, -0.2) is 15.7 Å². The Labute approximate surface area is 85.2 Å². The molecule has 1 amide bonds. The summed E-state index contributed by atoms with van der Waals surface area (Å²) in [6.07, 6.45) is 1.78. The summed E-state index contributed by atoms with van der Waals surface area (Å²) in [4.78, 5) is 11.5. The predicted molar refractivity (Wildman–Crippen MR) is 55.5 cm³/mol. The number of amides is 1. The maximum atomic E-state index is 11.5. The van der Waals surface area contributed by atoms with Gasteiger partial charge in [0.05, 0.1) is 5.56 Å². The number of carbonyl (C=O) groups excluding carboxylic acids is 1. The van der Waals surface area contributed by atoms with E-state index in [2.05, 4.69) is 10.4 Å². The predicted octanol–water partition coefficient (Wildman–Crippen LogP) is 1.73. The van der Waals surface area contributed by atoms with Gasteiger partial charge in [-0.25, -0.2) is 0 Å². The van der Waals surface area contributed by atoms with E-state index >= 15 is 0 Å². The van der Waals surface area contributed by atoms with Crippen LogP contribution in [0.25, 0.3) is 0 Å². The van der Waals surface area contributed by atoms with Crippen molar-refractivity contribution < 1.29 is 4.79 Å². The zero-order valence-corrected chi connectivity index (χ0v) is 8.41. The summed E-state index contributed by atoms with van der Waals surface area (Å²) in [6.45, 7) is 0. The molecule has 4 nitrogen and oxygen atoms in total. The molecule has 0 aliphatic carbocycles. The molecule has 0 unspecified atom stereocenters. The van der Waals surface area contributed by atoms with E-state index in [-0.39, 0.29) is 5.91 Å². The van der Waals surface area contributed by atoms with Gasteiger partial charge in [-0.15, -0.1) is 0 Å². The second-order valence-electron chi connectivity index (χ2n) is 2.84. The highest BCUT2D eigenvalue weighted by Gasteiger charge is 2.06. The Morgan fingerprint density at radius 3 is 3.00 bits per heavy atom. The van der Waals surface area contributed by atoms with Crippen LogP contribution in [0.1, 0.15) is 10.4 Å². The minimum absolute atomic E-state index is 0.120. The van der Waals surface area contributed by atoms with E-state index in [9.17, 15) is 4.79 Å². The highest BCUT2D eigenvalue weighted by Crippen LogP contribution is 2.09. The van der Waals surface area contributed by atoms with Crippen LogP contribution < -0.4 is 5.32 Å². The Balaban J connectivity index is 2.09. The number of nitrogens with one attached hydrogen (secondary N) is 1. The van der Waals surface area contributed by atoms with Crippen LogP contribution in [0.15, 0.2) is 29.1 Å². The van der Waals surface area contributed by atoms with Crippen molar-refractivity contribution in [2.75, 3.05) is 5.32 Å². The van der Waals surface area contributed by atoms with Gasteiger partial charge < -0.3 is 5.32 Å². The lowest BCUT2D eigenvalue weighted by Crippen LogP contribution is -2.11. The first-order valence-electron chi connectivity index (χ1n) is 4.09. The molecular formula is C9H9N3OS. The number of rotatable bonds is 2. The lowest BCUT2D eigenvalue weighted by atomic mass is 10.3. The Morgan fingerprint density at radius 1 is 1.57 bits per heavy atom. The number of thiophene rings is 1. The minimum atomic E-state index is -0.120. The number of hydrogen-bond acceptors (Lipinski definition) is 3. The lowest BCUT2D eigenvalue weighted by Gasteiger charge is -1.97. The monoisotopic (exact) mass is 207 g/mol. The first-order valence-corrected chi connectivity index (χ1v) is 5.03. The average Bonchev–Trinajstić information content (AvgIpc) is 2.75. The van der Waals surface area contributed by atoms with E-state index < -0.39 is 0 Å². The summed E-state index contributed by atoms with van der Waals surface area (Å²) in [5.74, 6) is 0.452. The largest absolute Gasteiger partial charge is 0.305 e. The number of aromatic nitrogens is 2. The van der Waals surface area contributed by atoms with E-state index in [4.69, 9.17) is 0 Å². The molecule has 2 rings (SSSR count). The third kappa shape index (κ3) is 1.82. The van der Waals surface area contributed by atoms with Gasteiger partial charge in [0.15, 0.2) is 5.82 Å². The number of anilines is 1. The molecular weight excluding hydrogens is 198 g/mol. The maximum Gasteiger partial charge on any atom is 0.257 e. The highest BCUT2D eigenvalue weighted by molar-refractivity contribution is 7.08. The average molecular weight is 207 g/mol. The molecule has 0 radical (unpaired) electrons. The van der Waals surface area contributed by atoms with Crippen LogP contribution in [0.3, 0.4) is 0 Å². The number of aryl methyl sites for hydroxylation is 1. The van der Waals surface area contributed by atoms with E-state index in [1.165, 1.54) is 11.3 Å². The molecule has 0 fully saturated rings. The van der Waals surface area contributed by atoms with Crippen molar-refractivity contribution in [3.63, 3.8) is 0 Å². The van der Waals surface area contributed by atoms with Gasteiger partial charge in [-0.05, 0) is 11.4 Å². The van der Waals surface area contributed by atoms with Crippen LogP contribution in [-0.2, 0) is 7.05 Å². The number of nitrogens with zero attached hydrogens (tertiary/aromatic N) is 2. The van der Waals surface area contributed by atoms with Crippen molar-refractivity contribution in [3.8, 4) is 0 Å². The molecule has 0 aliphatic heterocycles. The number of hydrogen-bond donors (Lipinski definition) is 1. The molecule has 72 valence electrons. The molecule has 2 aromatic rings. The van der Waals surface area contributed by atoms with Crippen LogP contribution >= 0.6 is 11.3 Å². The summed E-state index contributed by atoms with van der Waals surface area (Å²) in [6, 6.07) is 3.53. The molecule has 0 aliphatic rings. The van der Waals surface area contributed by atoms with E-state index in [0.29, 0.717) is 11.4 Å². The number of carbonyl (C=O) groups is 1. The van der Waals surface area contributed by atoms with Gasteiger partial charge in [0.2, 0.25) is 0 Å². The fourth-order valence-corrected chi connectivity index (χ4v) is 1.70. The van der Waals surface area contributed by atoms with E-state index in [1.54, 1.807) is 35.4 Å². The van der Waals surface area contributed by atoms with Crippen LogP contribution in [0.5, 0.6) is 0 Å². The molecule has 0 saturated carbocycles. The van der Waals surface area contributed by atoms with Gasteiger partial charge in [-0.2, -0.15) is 16.4 Å². The SMILES string of the molecule is Cn1ccc(NC(=O)c2ccsc2)n1. The molecule has 0 saturated heterocycles. The first-order chi connectivity index (χ1) is 6.75. The molecule has 2 aromatic heterocycles. The maximum absolute atomic E-state index is 11.5. The highest BCUT2D eigenvalue weighted by atomic mass is 32.1. The molecule has 0 bridgehead atoms. The van der Waals surface area contributed by atoms with Crippen molar-refractivity contribution >= 4 is 23.1 Å². The summed E-state index contributed by atoms with van der Waals surface area (Å²) < 4.78 is 1.64. The first kappa shape index (κ1) is 8.96. The van der Waals surface area contributed by atoms with Gasteiger partial charge in [0, 0.05) is 24.7 Å². The Kier molecular flexibility index (Phi) is 2.32. The molecule has 14 heavy (non-hydrogen) atoms. The van der Waals surface area contributed by atoms with Crippen molar-refractivity contribution in [2.45, 2.75) is 0 Å². The fraction of sp³-hybridized carbons (Fsp3) is 0.111. The van der Waals surface area contributed by atoms with Crippen LogP contribution in [0.2, 0.25) is 0 Å². The zero-order chi connectivity index (χ0) is 9.97. The van der Waals surface area contributed by atoms with Crippen molar-refractivity contribution in [1.82, 2.24) is 9.78 Å². The smallest absolute Gasteiger partial charge is 0.257 e. The summed E-state index contributed by atoms with van der Waals surface area (Å²) in [5.41, 5.74) is 0.667. The molecule has 5 heteroatoms. The summed E-state index contributed by atoms with van der Waals surface area (Å²) in [7, 11) is 1.81. The molecule has 1 N–H and O–H groups in total. The lowest BCUT2D eigenvalue weighted by molar-refractivity contribution is 0.102. The molecule has 2 heterocycles. The minimum Gasteiger partial charge on any atom is -0.305 e. The quantitative estimate of drug-likeness (QED) is 0.815. The topological polar surface area (TPSA) is 46.9 Å². The van der Waals surface area contributed by atoms with Crippen LogP contribution in [0, 0.1) is 0 Å². The summed E-state index contributed by atoms with van der Waals surface area (Å²) >= 11 is 1.50. The van der Waals surface area contributed by atoms with Crippen molar-refractivity contribution in [1.29, 1.82) is 0 Å². The molecule has 0 spiro atoms. The second-order valence-corrected chi connectivity index (χ2v) is 3.62. The van der Waals surface area contributed by atoms with Gasteiger partial charge in [-0.1, -0.05) is 0 Å². The van der Waals surface area contributed by atoms with Crippen molar-refractivity contribution in [2.24, 2.45) is 7.05 Å². The Morgan fingerprint density at radius 2 is 2.43 bits per heavy atom. The van der Waals surface area contributed by atoms with E-state index in [1.807, 2.05) is 5.38 Å². The third-order valence-corrected chi connectivity index (χ3v) is 2.42. The summed E-state index contributed by atoms with van der Waals surface area (Å²) in [5, 5.41) is 10.4. The molecule has 0 aromatic carbocycles. The Bertz CT molecular complexity index is 433. The third-order valence-electron chi connectivity index (χ3n) is 1.74. The van der Waals surface area contributed by atoms with E-state index in [0.717, 1.165) is 0 Å². The van der Waals surface area contributed by atoms with Gasteiger partial charge in [0.25, 0.3) is 5.91 Å². The van der Waals surface area contributed by atoms with Crippen molar-refractivity contribution in [3.05, 3.63) is 34.7 Å². The van der Waals surface area contributed by atoms with Gasteiger partial charge in [0.1, 0.15) is 0 Å². The van der Waals surface area contributed by atoms with Crippen LogP contribution in [0.4, 0.5) is 5.82 Å². The van der Waals surface area contributed by atoms with Gasteiger partial charge >= 0.3 is 0 Å². The Hall–Kier alpha value is -1.62.